The van der Waals surface area contributed by atoms with Crippen LogP contribution in [0.15, 0.2) is 64.0 Å². The van der Waals surface area contributed by atoms with E-state index in [-0.39, 0.29) is 11.8 Å². The fourth-order valence-electron chi connectivity index (χ4n) is 4.47. The highest BCUT2D eigenvalue weighted by Crippen LogP contribution is 2.47. The van der Waals surface area contributed by atoms with E-state index in [4.69, 9.17) is 23.4 Å². The Morgan fingerprint density at radius 2 is 1.57 bits per heavy atom. The van der Waals surface area contributed by atoms with Crippen molar-refractivity contribution in [2.75, 3.05) is 21.3 Å². The highest BCUT2D eigenvalue weighted by molar-refractivity contribution is 5.90. The number of hydrogen-bond acceptors (Lipinski definition) is 7. The number of carbonyl (C=O) groups excluding carboxylic acids is 1. The van der Waals surface area contributed by atoms with Gasteiger partial charge in [0.15, 0.2) is 11.5 Å². The average Bonchev–Trinajstić information content (AvgIpc) is 2.87. The number of esters is 1. The Balaban J connectivity index is 1.74. The number of ether oxygens (including phenoxy) is 4. The molecule has 4 aromatic rings. The smallest absolute Gasteiger partial charge is 0.312 e. The molecule has 0 fully saturated rings. The second-order valence-electron chi connectivity index (χ2n) is 8.02. The van der Waals surface area contributed by atoms with E-state index in [9.17, 15) is 14.0 Å². The van der Waals surface area contributed by atoms with Crippen LogP contribution in [-0.2, 0) is 4.79 Å². The number of fused-ring (bicyclic) bond motifs is 3. The zero-order chi connectivity index (χ0) is 24.7. The van der Waals surface area contributed by atoms with Gasteiger partial charge in [0.05, 0.1) is 38.7 Å². The van der Waals surface area contributed by atoms with E-state index in [0.717, 1.165) is 0 Å². The summed E-state index contributed by atoms with van der Waals surface area (Å²) in [7, 11) is 4.55. The molecule has 0 N–H and O–H groups in total. The number of benzene rings is 3. The van der Waals surface area contributed by atoms with E-state index in [2.05, 4.69) is 0 Å². The zero-order valence-corrected chi connectivity index (χ0v) is 19.2. The molecule has 7 nitrogen and oxygen atoms in total. The Hall–Kier alpha value is -4.33. The van der Waals surface area contributed by atoms with Crippen molar-refractivity contribution in [3.8, 4) is 34.1 Å². The maximum Gasteiger partial charge on any atom is 0.312 e. The minimum absolute atomic E-state index is 0.00137. The second kappa shape index (κ2) is 8.79. The molecule has 178 valence electrons. The van der Waals surface area contributed by atoms with E-state index < -0.39 is 17.7 Å². The van der Waals surface area contributed by atoms with Gasteiger partial charge in [0, 0.05) is 23.1 Å². The predicted octanol–water partition coefficient (Wildman–Crippen LogP) is 5.07. The average molecular weight is 476 g/mol. The quantitative estimate of drug-likeness (QED) is 0.294. The Kier molecular flexibility index (Phi) is 5.64. The van der Waals surface area contributed by atoms with Crippen molar-refractivity contribution in [1.82, 2.24) is 0 Å². The Morgan fingerprint density at radius 1 is 0.886 bits per heavy atom. The van der Waals surface area contributed by atoms with Gasteiger partial charge in [0.1, 0.15) is 29.2 Å². The van der Waals surface area contributed by atoms with Crippen LogP contribution in [0.2, 0.25) is 0 Å². The van der Waals surface area contributed by atoms with Crippen LogP contribution in [0.25, 0.3) is 22.1 Å². The van der Waals surface area contributed by atoms with Gasteiger partial charge in [-0.1, -0.05) is 12.1 Å². The van der Waals surface area contributed by atoms with Crippen LogP contribution in [0.5, 0.6) is 23.0 Å². The molecule has 1 aromatic heterocycles. The molecule has 3 aromatic carbocycles. The third kappa shape index (κ3) is 3.77. The Labute approximate surface area is 199 Å². The number of methoxy groups -OCH3 is 3. The number of carbonyl (C=O) groups is 1. The van der Waals surface area contributed by atoms with E-state index in [1.165, 1.54) is 51.9 Å². The second-order valence-corrected chi connectivity index (χ2v) is 8.02. The molecule has 35 heavy (non-hydrogen) atoms. The zero-order valence-electron chi connectivity index (χ0n) is 19.2. The summed E-state index contributed by atoms with van der Waals surface area (Å²) in [6.45, 7) is 0. The largest absolute Gasteiger partial charge is 0.496 e. The van der Waals surface area contributed by atoms with Crippen molar-refractivity contribution >= 4 is 16.9 Å². The fourth-order valence-corrected chi connectivity index (χ4v) is 4.47. The van der Waals surface area contributed by atoms with E-state index in [1.54, 1.807) is 24.3 Å². The molecule has 8 heteroatoms. The van der Waals surface area contributed by atoms with Crippen LogP contribution in [0.4, 0.5) is 4.39 Å². The van der Waals surface area contributed by atoms with Crippen molar-refractivity contribution in [3.05, 3.63) is 82.0 Å². The summed E-state index contributed by atoms with van der Waals surface area (Å²) in [5.74, 6) is 0.350. The van der Waals surface area contributed by atoms with Gasteiger partial charge in [0.2, 0.25) is 5.43 Å². The monoisotopic (exact) mass is 476 g/mol. The lowest BCUT2D eigenvalue weighted by Crippen LogP contribution is -2.22. The molecule has 0 bridgehead atoms. The van der Waals surface area contributed by atoms with Gasteiger partial charge in [-0.25, -0.2) is 4.39 Å². The summed E-state index contributed by atoms with van der Waals surface area (Å²) >= 11 is 0. The summed E-state index contributed by atoms with van der Waals surface area (Å²) in [6.07, 6.45) is 1.35. The van der Waals surface area contributed by atoms with Crippen LogP contribution in [0, 0.1) is 5.82 Å². The number of rotatable bonds is 5. The molecule has 0 saturated heterocycles. The molecule has 1 aliphatic heterocycles. The summed E-state index contributed by atoms with van der Waals surface area (Å²) in [6, 6.07) is 12.2. The molecule has 1 unspecified atom stereocenters. The van der Waals surface area contributed by atoms with Crippen LogP contribution < -0.4 is 24.4 Å². The van der Waals surface area contributed by atoms with Gasteiger partial charge >= 0.3 is 5.97 Å². The molecule has 0 amide bonds. The van der Waals surface area contributed by atoms with Gasteiger partial charge < -0.3 is 23.4 Å². The van der Waals surface area contributed by atoms with Crippen molar-refractivity contribution in [2.45, 2.75) is 12.3 Å². The van der Waals surface area contributed by atoms with Crippen LogP contribution in [-0.4, -0.2) is 27.3 Å². The molecule has 0 spiro atoms. The van der Waals surface area contributed by atoms with Crippen molar-refractivity contribution in [1.29, 1.82) is 0 Å². The van der Waals surface area contributed by atoms with Crippen molar-refractivity contribution < 1.29 is 32.5 Å². The molecule has 0 saturated carbocycles. The molecule has 1 atom stereocenters. The minimum atomic E-state index is -0.537. The highest BCUT2D eigenvalue weighted by atomic mass is 19.1. The SMILES string of the molecule is COc1cc(OC)c(C2CC(=O)Oc3ccc4c(=O)c(-c5ccc(F)cc5)coc4c32)cc1OC. The van der Waals surface area contributed by atoms with E-state index >= 15 is 0 Å². The van der Waals surface area contributed by atoms with Crippen LogP contribution >= 0.6 is 0 Å². The van der Waals surface area contributed by atoms with Crippen molar-refractivity contribution in [2.24, 2.45) is 0 Å². The summed E-state index contributed by atoms with van der Waals surface area (Å²) in [5.41, 5.74) is 2.05. The topological polar surface area (TPSA) is 84.2 Å². The third-order valence-electron chi connectivity index (χ3n) is 6.15. The molecular formula is C27H21FO7. The normalized spacial score (nSPS) is 14.9. The minimum Gasteiger partial charge on any atom is -0.496 e. The third-order valence-corrected chi connectivity index (χ3v) is 6.15. The van der Waals surface area contributed by atoms with E-state index in [1.807, 2.05) is 0 Å². The first-order chi connectivity index (χ1) is 16.9. The first kappa shape index (κ1) is 22.5. The molecule has 0 aliphatic carbocycles. The molecule has 0 radical (unpaired) electrons. The summed E-state index contributed by atoms with van der Waals surface area (Å²) < 4.78 is 41.3. The van der Waals surface area contributed by atoms with Gasteiger partial charge in [-0.3, -0.25) is 9.59 Å². The lowest BCUT2D eigenvalue weighted by molar-refractivity contribution is -0.135. The number of halogens is 1. The first-order valence-corrected chi connectivity index (χ1v) is 10.8. The lowest BCUT2D eigenvalue weighted by atomic mass is 9.84. The Bertz CT molecular complexity index is 1510. The van der Waals surface area contributed by atoms with E-state index in [0.29, 0.717) is 56.2 Å². The van der Waals surface area contributed by atoms with Crippen LogP contribution in [0.3, 0.4) is 0 Å². The molecule has 5 rings (SSSR count). The first-order valence-electron chi connectivity index (χ1n) is 10.8. The van der Waals surface area contributed by atoms with Crippen molar-refractivity contribution in [3.63, 3.8) is 0 Å². The van der Waals surface area contributed by atoms with Gasteiger partial charge in [-0.15, -0.1) is 0 Å². The predicted molar refractivity (Wildman–Crippen MR) is 126 cm³/mol. The molecular weight excluding hydrogens is 455 g/mol. The van der Waals surface area contributed by atoms with Crippen LogP contribution in [0.1, 0.15) is 23.5 Å². The maximum absolute atomic E-state index is 13.4. The highest BCUT2D eigenvalue weighted by Gasteiger charge is 2.34. The summed E-state index contributed by atoms with van der Waals surface area (Å²) in [5, 5.41) is 0.313. The summed E-state index contributed by atoms with van der Waals surface area (Å²) in [4.78, 5) is 25.9. The van der Waals surface area contributed by atoms with Gasteiger partial charge in [-0.2, -0.15) is 0 Å². The Morgan fingerprint density at radius 3 is 2.26 bits per heavy atom. The maximum atomic E-state index is 13.4. The molecule has 2 heterocycles. The standard InChI is InChI=1S/C27H21FO7/c1-31-21-12-23(33-3)22(32-2)10-17(21)18-11-24(29)35-20-9-8-16-26(30)19(13-34-27(16)25(18)20)14-4-6-15(28)7-5-14/h4-10,12-13,18H,11H2,1-3H3. The van der Waals surface area contributed by atoms with Gasteiger partial charge in [-0.05, 0) is 35.9 Å². The number of hydrogen-bond donors (Lipinski definition) is 0. The fraction of sp³-hybridized carbons (Fsp3) is 0.185. The lowest BCUT2D eigenvalue weighted by Gasteiger charge is -2.27. The molecule has 1 aliphatic rings. The van der Waals surface area contributed by atoms with Gasteiger partial charge in [0.25, 0.3) is 0 Å².